The lowest BCUT2D eigenvalue weighted by Crippen LogP contribution is -2.07. The Morgan fingerprint density at radius 3 is 2.60 bits per heavy atom. The van der Waals surface area contributed by atoms with Crippen molar-refractivity contribution in [1.82, 2.24) is 0 Å². The first-order valence-electron chi connectivity index (χ1n) is 7.13. The molecule has 3 aromatic rings. The summed E-state index contributed by atoms with van der Waals surface area (Å²) in [6.07, 6.45) is 0. The number of hydrogen-bond acceptors (Lipinski definition) is 5. The van der Waals surface area contributed by atoms with E-state index in [0.29, 0.717) is 43.1 Å². The van der Waals surface area contributed by atoms with Crippen molar-refractivity contribution in [2.75, 3.05) is 14.2 Å². The third-order valence-corrected chi connectivity index (χ3v) is 4.56. The van der Waals surface area contributed by atoms with Gasteiger partial charge < -0.3 is 13.9 Å². The zero-order valence-corrected chi connectivity index (χ0v) is 15.7. The third-order valence-electron chi connectivity index (χ3n) is 3.74. The molecule has 0 aliphatic carbocycles. The van der Waals surface area contributed by atoms with Gasteiger partial charge in [0.1, 0.15) is 17.2 Å². The van der Waals surface area contributed by atoms with Crippen LogP contribution in [0.25, 0.3) is 22.1 Å². The van der Waals surface area contributed by atoms with Crippen LogP contribution in [-0.4, -0.2) is 14.2 Å². The first kappa shape index (κ1) is 17.3. The quantitative estimate of drug-likeness (QED) is 0.656. The summed E-state index contributed by atoms with van der Waals surface area (Å²) in [5.74, 6) is 1.05. The number of rotatable bonds is 3. The molecule has 0 radical (unpaired) electrons. The van der Waals surface area contributed by atoms with Gasteiger partial charge in [0.25, 0.3) is 0 Å². The summed E-state index contributed by atoms with van der Waals surface area (Å²) in [6.45, 7) is 0. The first-order chi connectivity index (χ1) is 12.0. The van der Waals surface area contributed by atoms with Gasteiger partial charge >= 0.3 is 0 Å². The van der Waals surface area contributed by atoms with Crippen LogP contribution in [0.15, 0.2) is 39.2 Å². The average Bonchev–Trinajstić information content (AvgIpc) is 2.59. The van der Waals surface area contributed by atoms with Gasteiger partial charge in [-0.15, -0.1) is 0 Å². The largest absolute Gasteiger partial charge is 0.493 e. The van der Waals surface area contributed by atoms with E-state index in [2.05, 4.69) is 22.0 Å². The highest BCUT2D eigenvalue weighted by Gasteiger charge is 2.18. The van der Waals surface area contributed by atoms with Crippen molar-refractivity contribution in [3.63, 3.8) is 0 Å². The molecular weight excluding hydrogens is 408 g/mol. The van der Waals surface area contributed by atoms with Crippen molar-refractivity contribution < 1.29 is 13.9 Å². The van der Waals surface area contributed by atoms with Gasteiger partial charge in [-0.2, -0.15) is 5.26 Å². The van der Waals surface area contributed by atoms with Crippen molar-refractivity contribution in [3.05, 3.63) is 50.9 Å². The highest BCUT2D eigenvalue weighted by molar-refractivity contribution is 9.10. The predicted octanol–water partition coefficient (Wildman–Crippen LogP) is 4.88. The van der Waals surface area contributed by atoms with Gasteiger partial charge in [-0.3, -0.25) is 5.41 Å². The minimum Gasteiger partial charge on any atom is -0.493 e. The summed E-state index contributed by atoms with van der Waals surface area (Å²) in [6, 6.07) is 10.7. The van der Waals surface area contributed by atoms with Crippen LogP contribution in [0.4, 0.5) is 0 Å². The van der Waals surface area contributed by atoms with Gasteiger partial charge in [0.05, 0.1) is 18.7 Å². The maximum absolute atomic E-state index is 9.55. The number of fused-ring (bicyclic) bond motifs is 1. The fraction of sp³-hybridized carbons (Fsp3) is 0.111. The molecule has 1 aromatic heterocycles. The second kappa shape index (κ2) is 6.79. The van der Waals surface area contributed by atoms with Crippen molar-refractivity contribution in [3.8, 4) is 28.7 Å². The summed E-state index contributed by atoms with van der Waals surface area (Å²) in [7, 11) is 3.08. The summed E-state index contributed by atoms with van der Waals surface area (Å²) in [5.41, 5.74) is 1.61. The molecule has 25 heavy (non-hydrogen) atoms. The molecule has 5 nitrogen and oxygen atoms in total. The first-order valence-corrected chi connectivity index (χ1v) is 8.30. The Morgan fingerprint density at radius 1 is 1.20 bits per heavy atom. The van der Waals surface area contributed by atoms with Crippen molar-refractivity contribution in [2.24, 2.45) is 0 Å². The Hall–Kier alpha value is -2.49. The molecular formula is C18H12BrClN2O3. The fourth-order valence-corrected chi connectivity index (χ4v) is 3.43. The molecule has 0 saturated heterocycles. The Bertz CT molecular complexity index is 1090. The highest BCUT2D eigenvalue weighted by atomic mass is 79.9. The van der Waals surface area contributed by atoms with Crippen molar-refractivity contribution in [1.29, 1.82) is 10.7 Å². The van der Waals surface area contributed by atoms with Crippen LogP contribution < -0.4 is 15.0 Å². The smallest absolute Gasteiger partial charge is 0.230 e. The van der Waals surface area contributed by atoms with Gasteiger partial charge in [-0.05, 0) is 45.8 Å². The number of nitrogens with one attached hydrogen (secondary N) is 1. The van der Waals surface area contributed by atoms with Crippen LogP contribution in [0.5, 0.6) is 11.5 Å². The molecule has 0 atom stereocenters. The second-order valence-electron chi connectivity index (χ2n) is 5.13. The molecule has 0 unspecified atom stereocenters. The van der Waals surface area contributed by atoms with Gasteiger partial charge in [-0.25, -0.2) is 0 Å². The highest BCUT2D eigenvalue weighted by Crippen LogP contribution is 2.41. The number of ether oxygens (including phenoxy) is 2. The van der Waals surface area contributed by atoms with Gasteiger partial charge in [0.15, 0.2) is 11.5 Å². The van der Waals surface area contributed by atoms with E-state index in [4.69, 9.17) is 30.9 Å². The van der Waals surface area contributed by atoms with Crippen LogP contribution in [0, 0.1) is 16.7 Å². The fourth-order valence-electron chi connectivity index (χ4n) is 2.67. The molecule has 0 spiro atoms. The molecule has 1 N–H and O–H groups in total. The van der Waals surface area contributed by atoms with E-state index in [1.165, 1.54) is 7.11 Å². The normalized spacial score (nSPS) is 10.5. The maximum atomic E-state index is 9.55. The minimum atomic E-state index is -0.224. The monoisotopic (exact) mass is 418 g/mol. The lowest BCUT2D eigenvalue weighted by molar-refractivity contribution is 0.353. The Morgan fingerprint density at radius 2 is 1.96 bits per heavy atom. The summed E-state index contributed by atoms with van der Waals surface area (Å²) >= 11 is 9.48. The number of methoxy groups -OCH3 is 2. The van der Waals surface area contributed by atoms with E-state index in [-0.39, 0.29) is 11.1 Å². The predicted molar refractivity (Wildman–Crippen MR) is 98.0 cm³/mol. The van der Waals surface area contributed by atoms with E-state index in [1.807, 2.05) is 6.07 Å². The van der Waals surface area contributed by atoms with Crippen LogP contribution in [0.2, 0.25) is 5.02 Å². The lowest BCUT2D eigenvalue weighted by Gasteiger charge is -2.14. The minimum absolute atomic E-state index is 0.133. The van der Waals surface area contributed by atoms with E-state index in [9.17, 15) is 5.26 Å². The molecule has 0 saturated carbocycles. The zero-order valence-electron chi connectivity index (χ0n) is 13.3. The molecule has 2 aromatic carbocycles. The average molecular weight is 420 g/mol. The molecule has 0 bridgehead atoms. The van der Waals surface area contributed by atoms with Crippen molar-refractivity contribution >= 4 is 38.5 Å². The Kier molecular flexibility index (Phi) is 4.71. The molecule has 1 heterocycles. The standard InChI is InChI=1S/C18H12BrClN2O3/c1-23-15-6-9(5-13(19)17(15)24-2)16-11-4-3-10(20)7-14(11)25-18(22)12(16)8-21/h3-7,22H,1-2H3. The molecule has 126 valence electrons. The van der Waals surface area contributed by atoms with Crippen LogP contribution in [0.3, 0.4) is 0 Å². The third kappa shape index (κ3) is 2.97. The summed E-state index contributed by atoms with van der Waals surface area (Å²) in [5, 5.41) is 18.8. The molecule has 3 rings (SSSR count). The number of nitriles is 1. The molecule has 0 aliphatic heterocycles. The molecule has 0 amide bonds. The Labute approximate surface area is 157 Å². The number of hydrogen-bond donors (Lipinski definition) is 1. The van der Waals surface area contributed by atoms with E-state index < -0.39 is 0 Å². The van der Waals surface area contributed by atoms with Crippen LogP contribution in [-0.2, 0) is 0 Å². The van der Waals surface area contributed by atoms with Crippen LogP contribution in [0.1, 0.15) is 5.56 Å². The lowest BCUT2D eigenvalue weighted by atomic mass is 9.97. The number of benzene rings is 2. The molecule has 7 heteroatoms. The number of nitrogens with zero attached hydrogens (tertiary/aromatic N) is 1. The van der Waals surface area contributed by atoms with Gasteiger partial charge in [0.2, 0.25) is 5.55 Å². The van der Waals surface area contributed by atoms with Gasteiger partial charge in [0, 0.05) is 22.0 Å². The van der Waals surface area contributed by atoms with Crippen molar-refractivity contribution in [2.45, 2.75) is 0 Å². The van der Waals surface area contributed by atoms with E-state index in [1.54, 1.807) is 31.4 Å². The summed E-state index contributed by atoms with van der Waals surface area (Å²) < 4.78 is 16.8. The van der Waals surface area contributed by atoms with Crippen LogP contribution >= 0.6 is 27.5 Å². The molecule has 0 aliphatic rings. The maximum Gasteiger partial charge on any atom is 0.230 e. The SMILES string of the molecule is COc1cc(-c2c(C#N)c(=N)oc3cc(Cl)ccc23)cc(Br)c1OC. The topological polar surface area (TPSA) is 79.2 Å². The number of halogens is 2. The zero-order chi connectivity index (χ0) is 18.1. The van der Waals surface area contributed by atoms with Gasteiger partial charge in [-0.1, -0.05) is 11.6 Å². The van der Waals surface area contributed by atoms with E-state index in [0.717, 1.165) is 0 Å². The summed E-state index contributed by atoms with van der Waals surface area (Å²) in [4.78, 5) is 0. The molecule has 0 fully saturated rings. The second-order valence-corrected chi connectivity index (χ2v) is 6.42. The Balaban J connectivity index is 2.45. The van der Waals surface area contributed by atoms with E-state index >= 15 is 0 Å².